The van der Waals surface area contributed by atoms with Crippen LogP contribution in [0.15, 0.2) is 48.5 Å². The van der Waals surface area contributed by atoms with E-state index in [0.29, 0.717) is 22.7 Å². The number of methoxy groups -OCH3 is 3. The number of carbonyl (C=O) groups is 2. The highest BCUT2D eigenvalue weighted by Crippen LogP contribution is 2.27. The SMILES string of the molecule is COC(=O)c1cccc(NC(=O)/C=C/c2ccc(OC)c(OC)c2)c1. The van der Waals surface area contributed by atoms with Crippen LogP contribution in [0.5, 0.6) is 11.5 Å². The van der Waals surface area contributed by atoms with Gasteiger partial charge in [-0.3, -0.25) is 4.79 Å². The van der Waals surface area contributed by atoms with E-state index < -0.39 is 5.97 Å². The first-order chi connectivity index (χ1) is 12.1. The maximum Gasteiger partial charge on any atom is 0.337 e. The van der Waals surface area contributed by atoms with Crippen molar-refractivity contribution >= 4 is 23.6 Å². The summed E-state index contributed by atoms with van der Waals surface area (Å²) in [5, 5.41) is 2.69. The van der Waals surface area contributed by atoms with Crippen molar-refractivity contribution in [2.75, 3.05) is 26.6 Å². The Kier molecular flexibility index (Phi) is 6.17. The Morgan fingerprint density at radius 2 is 1.72 bits per heavy atom. The van der Waals surface area contributed by atoms with Crippen molar-refractivity contribution in [2.24, 2.45) is 0 Å². The van der Waals surface area contributed by atoms with Crippen molar-refractivity contribution in [3.8, 4) is 11.5 Å². The van der Waals surface area contributed by atoms with Gasteiger partial charge in [0.05, 0.1) is 26.9 Å². The molecule has 2 rings (SSSR count). The van der Waals surface area contributed by atoms with Crippen LogP contribution < -0.4 is 14.8 Å². The number of nitrogens with one attached hydrogen (secondary N) is 1. The van der Waals surface area contributed by atoms with Gasteiger partial charge in [-0.05, 0) is 42.0 Å². The van der Waals surface area contributed by atoms with Crippen LogP contribution >= 0.6 is 0 Å². The molecule has 2 aromatic carbocycles. The summed E-state index contributed by atoms with van der Waals surface area (Å²) < 4.78 is 15.0. The molecular weight excluding hydrogens is 322 g/mol. The molecule has 0 saturated carbocycles. The van der Waals surface area contributed by atoms with Gasteiger partial charge in [-0.15, -0.1) is 0 Å². The Labute approximate surface area is 146 Å². The predicted octanol–water partition coefficient (Wildman–Crippen LogP) is 3.14. The van der Waals surface area contributed by atoms with E-state index in [0.717, 1.165) is 5.56 Å². The summed E-state index contributed by atoms with van der Waals surface area (Å²) in [4.78, 5) is 23.5. The van der Waals surface area contributed by atoms with Gasteiger partial charge in [-0.25, -0.2) is 4.79 Å². The van der Waals surface area contributed by atoms with Gasteiger partial charge >= 0.3 is 5.97 Å². The molecule has 1 N–H and O–H groups in total. The zero-order valence-corrected chi connectivity index (χ0v) is 14.2. The molecule has 0 saturated heterocycles. The summed E-state index contributed by atoms with van der Waals surface area (Å²) >= 11 is 0. The number of carbonyl (C=O) groups excluding carboxylic acids is 2. The number of hydrogen-bond donors (Lipinski definition) is 1. The minimum atomic E-state index is -0.461. The van der Waals surface area contributed by atoms with E-state index in [4.69, 9.17) is 9.47 Å². The second-order valence-corrected chi connectivity index (χ2v) is 5.01. The van der Waals surface area contributed by atoms with Crippen LogP contribution in [0.3, 0.4) is 0 Å². The fraction of sp³-hybridized carbons (Fsp3) is 0.158. The van der Waals surface area contributed by atoms with Gasteiger partial charge in [0.25, 0.3) is 0 Å². The third-order valence-corrected chi connectivity index (χ3v) is 3.39. The summed E-state index contributed by atoms with van der Waals surface area (Å²) in [6.07, 6.45) is 3.05. The lowest BCUT2D eigenvalue weighted by Gasteiger charge is -2.07. The van der Waals surface area contributed by atoms with Gasteiger partial charge in [-0.2, -0.15) is 0 Å². The summed E-state index contributed by atoms with van der Waals surface area (Å²) in [6, 6.07) is 11.9. The summed E-state index contributed by atoms with van der Waals surface area (Å²) in [7, 11) is 4.41. The smallest absolute Gasteiger partial charge is 0.337 e. The number of amides is 1. The Bertz CT molecular complexity index is 798. The number of rotatable bonds is 6. The van der Waals surface area contributed by atoms with Crippen molar-refractivity contribution < 1.29 is 23.8 Å². The first kappa shape index (κ1) is 18.1. The van der Waals surface area contributed by atoms with Crippen LogP contribution in [-0.2, 0) is 9.53 Å². The standard InChI is InChI=1S/C19H19NO5/c1-23-16-9-7-13(11-17(16)24-2)8-10-18(21)20-15-6-4-5-14(12-15)19(22)25-3/h4-12H,1-3H3,(H,20,21)/b10-8+. The average molecular weight is 341 g/mol. The highest BCUT2D eigenvalue weighted by molar-refractivity contribution is 6.02. The second-order valence-electron chi connectivity index (χ2n) is 5.01. The van der Waals surface area contributed by atoms with Crippen molar-refractivity contribution in [3.63, 3.8) is 0 Å². The van der Waals surface area contributed by atoms with E-state index >= 15 is 0 Å². The Hall–Kier alpha value is -3.28. The van der Waals surface area contributed by atoms with Crippen LogP contribution in [0.1, 0.15) is 15.9 Å². The molecule has 130 valence electrons. The predicted molar refractivity (Wildman–Crippen MR) is 95.0 cm³/mol. The topological polar surface area (TPSA) is 73.9 Å². The first-order valence-corrected chi connectivity index (χ1v) is 7.47. The van der Waals surface area contributed by atoms with Crippen LogP contribution in [-0.4, -0.2) is 33.2 Å². The Balaban J connectivity index is 2.07. The summed E-state index contributed by atoms with van der Waals surface area (Å²) in [5.74, 6) is 0.410. The van der Waals surface area contributed by atoms with Gasteiger partial charge in [0, 0.05) is 11.8 Å². The minimum Gasteiger partial charge on any atom is -0.493 e. The molecule has 6 nitrogen and oxygen atoms in total. The Morgan fingerprint density at radius 1 is 0.960 bits per heavy atom. The van der Waals surface area contributed by atoms with Crippen molar-refractivity contribution in [2.45, 2.75) is 0 Å². The number of esters is 1. The van der Waals surface area contributed by atoms with Gasteiger partial charge < -0.3 is 19.5 Å². The molecule has 0 atom stereocenters. The fourth-order valence-corrected chi connectivity index (χ4v) is 2.15. The molecule has 0 aromatic heterocycles. The normalized spacial score (nSPS) is 10.4. The zero-order chi connectivity index (χ0) is 18.2. The molecule has 1 amide bonds. The molecule has 25 heavy (non-hydrogen) atoms. The van der Waals surface area contributed by atoms with Gasteiger partial charge in [0.15, 0.2) is 11.5 Å². The number of ether oxygens (including phenoxy) is 3. The van der Waals surface area contributed by atoms with Crippen LogP contribution in [0.4, 0.5) is 5.69 Å². The third kappa shape index (κ3) is 4.84. The lowest BCUT2D eigenvalue weighted by molar-refractivity contribution is -0.111. The van der Waals surface area contributed by atoms with Crippen LogP contribution in [0.25, 0.3) is 6.08 Å². The van der Waals surface area contributed by atoms with Crippen molar-refractivity contribution in [3.05, 3.63) is 59.7 Å². The monoisotopic (exact) mass is 341 g/mol. The Morgan fingerprint density at radius 3 is 2.40 bits per heavy atom. The average Bonchev–Trinajstić information content (AvgIpc) is 2.65. The molecular formula is C19H19NO5. The van der Waals surface area contributed by atoms with Crippen LogP contribution in [0.2, 0.25) is 0 Å². The van der Waals surface area contributed by atoms with E-state index in [1.807, 2.05) is 6.07 Å². The lowest BCUT2D eigenvalue weighted by atomic mass is 10.2. The van der Waals surface area contributed by atoms with E-state index in [9.17, 15) is 9.59 Å². The van der Waals surface area contributed by atoms with E-state index in [2.05, 4.69) is 10.1 Å². The van der Waals surface area contributed by atoms with E-state index in [1.54, 1.807) is 56.7 Å². The molecule has 0 spiro atoms. The molecule has 0 bridgehead atoms. The first-order valence-electron chi connectivity index (χ1n) is 7.47. The second kappa shape index (κ2) is 8.54. The molecule has 0 fully saturated rings. The maximum atomic E-state index is 12.0. The van der Waals surface area contributed by atoms with Gasteiger partial charge in [0.1, 0.15) is 0 Å². The molecule has 0 aliphatic heterocycles. The molecule has 6 heteroatoms. The molecule has 0 radical (unpaired) electrons. The molecule has 0 aliphatic rings. The molecule has 0 aliphatic carbocycles. The maximum absolute atomic E-state index is 12.0. The number of anilines is 1. The fourth-order valence-electron chi connectivity index (χ4n) is 2.15. The van der Waals surface area contributed by atoms with Crippen molar-refractivity contribution in [1.82, 2.24) is 0 Å². The highest BCUT2D eigenvalue weighted by atomic mass is 16.5. The molecule has 0 unspecified atom stereocenters. The van der Waals surface area contributed by atoms with Crippen molar-refractivity contribution in [1.29, 1.82) is 0 Å². The zero-order valence-electron chi connectivity index (χ0n) is 14.2. The quantitative estimate of drug-likeness (QED) is 0.645. The molecule has 0 heterocycles. The molecule has 2 aromatic rings. The van der Waals surface area contributed by atoms with Gasteiger partial charge in [-0.1, -0.05) is 12.1 Å². The van der Waals surface area contributed by atoms with Gasteiger partial charge in [0.2, 0.25) is 5.91 Å². The summed E-state index contributed by atoms with van der Waals surface area (Å²) in [5.41, 5.74) is 1.66. The lowest BCUT2D eigenvalue weighted by Crippen LogP contribution is -2.09. The van der Waals surface area contributed by atoms with Crippen LogP contribution in [0, 0.1) is 0 Å². The minimum absolute atomic E-state index is 0.322. The van der Waals surface area contributed by atoms with E-state index in [-0.39, 0.29) is 5.91 Å². The number of hydrogen-bond acceptors (Lipinski definition) is 5. The highest BCUT2D eigenvalue weighted by Gasteiger charge is 2.07. The number of benzene rings is 2. The van der Waals surface area contributed by atoms with E-state index in [1.165, 1.54) is 13.2 Å². The third-order valence-electron chi connectivity index (χ3n) is 3.39. The summed E-state index contributed by atoms with van der Waals surface area (Å²) in [6.45, 7) is 0. The largest absolute Gasteiger partial charge is 0.493 e.